The van der Waals surface area contributed by atoms with Gasteiger partial charge in [-0.2, -0.15) is 0 Å². The Morgan fingerprint density at radius 2 is 1.38 bits per heavy atom. The van der Waals surface area contributed by atoms with Crippen LogP contribution >= 0.6 is 0 Å². The summed E-state index contributed by atoms with van der Waals surface area (Å²) in [5.74, 6) is -4.26. The SMILES string of the molecule is CC(=O)N1Cc2cc(NC(=O)Nc3ccc([N+](=O)[O-])cc3)ccc2C1C(=O)NC(Cc1ccccc1CC(NC(=O)CC(C)(C)C)C(=O)O)C(=O)O. The predicted molar refractivity (Wildman–Crippen MR) is 188 cm³/mol. The molecule has 0 aromatic heterocycles. The number of carbonyl (C=O) groups excluding carboxylic acids is 4. The maximum atomic E-state index is 13.7. The average Bonchev–Trinajstić information content (AvgIpc) is 3.43. The van der Waals surface area contributed by atoms with E-state index in [0.29, 0.717) is 33.6 Å². The number of anilines is 2. The van der Waals surface area contributed by atoms with Crippen LogP contribution in [-0.4, -0.2) is 67.8 Å². The van der Waals surface area contributed by atoms with Gasteiger partial charge in [0, 0.05) is 56.2 Å². The molecule has 0 bridgehead atoms. The first-order valence-corrected chi connectivity index (χ1v) is 16.3. The quantitative estimate of drug-likeness (QED) is 0.110. The number of nitrogens with one attached hydrogen (secondary N) is 4. The second-order valence-electron chi connectivity index (χ2n) is 13.6. The van der Waals surface area contributed by atoms with E-state index in [1.54, 1.807) is 36.4 Å². The van der Waals surface area contributed by atoms with Crippen LogP contribution in [0.5, 0.6) is 0 Å². The van der Waals surface area contributed by atoms with Crippen LogP contribution in [0.1, 0.15) is 62.4 Å². The van der Waals surface area contributed by atoms with Crippen molar-refractivity contribution in [2.75, 3.05) is 10.6 Å². The summed E-state index contributed by atoms with van der Waals surface area (Å²) in [5.41, 5.74) is 2.01. The molecule has 0 aliphatic carbocycles. The lowest BCUT2D eigenvalue weighted by molar-refractivity contribution is -0.384. The molecule has 4 rings (SSSR count). The summed E-state index contributed by atoms with van der Waals surface area (Å²) in [5, 5.41) is 41.1. The van der Waals surface area contributed by atoms with Gasteiger partial charge in [-0.15, -0.1) is 0 Å². The number of carboxylic acids is 2. The number of nitro benzene ring substituents is 1. The maximum Gasteiger partial charge on any atom is 0.326 e. The van der Waals surface area contributed by atoms with Crippen molar-refractivity contribution in [1.29, 1.82) is 0 Å². The molecule has 3 unspecified atom stereocenters. The number of amides is 5. The Morgan fingerprint density at radius 1 is 0.846 bits per heavy atom. The van der Waals surface area contributed by atoms with E-state index in [-0.39, 0.29) is 36.9 Å². The summed E-state index contributed by atoms with van der Waals surface area (Å²) < 4.78 is 0. The average molecular weight is 717 g/mol. The van der Waals surface area contributed by atoms with Crippen molar-refractivity contribution in [1.82, 2.24) is 15.5 Å². The normalized spacial score (nSPS) is 14.7. The van der Waals surface area contributed by atoms with Gasteiger partial charge in [0.25, 0.3) is 5.69 Å². The summed E-state index contributed by atoms with van der Waals surface area (Å²) in [6.07, 6.45) is -0.242. The van der Waals surface area contributed by atoms with Gasteiger partial charge in [-0.25, -0.2) is 14.4 Å². The monoisotopic (exact) mass is 716 g/mol. The van der Waals surface area contributed by atoms with E-state index in [2.05, 4.69) is 21.3 Å². The summed E-state index contributed by atoms with van der Waals surface area (Å²) >= 11 is 0. The molecule has 1 aliphatic heterocycles. The number of non-ortho nitro benzene ring substituents is 1. The van der Waals surface area contributed by atoms with Crippen molar-refractivity contribution in [2.45, 2.75) is 71.6 Å². The smallest absolute Gasteiger partial charge is 0.326 e. The van der Waals surface area contributed by atoms with E-state index in [0.717, 1.165) is 0 Å². The fourth-order valence-electron chi connectivity index (χ4n) is 5.84. The Labute approximate surface area is 298 Å². The highest BCUT2D eigenvalue weighted by atomic mass is 16.6. The Morgan fingerprint density at radius 3 is 1.90 bits per heavy atom. The van der Waals surface area contributed by atoms with Crippen molar-refractivity contribution in [3.63, 3.8) is 0 Å². The van der Waals surface area contributed by atoms with Crippen LogP contribution < -0.4 is 21.3 Å². The van der Waals surface area contributed by atoms with Gasteiger partial charge >= 0.3 is 18.0 Å². The summed E-state index contributed by atoms with van der Waals surface area (Å²) in [7, 11) is 0. The van der Waals surface area contributed by atoms with E-state index in [4.69, 9.17) is 0 Å². The zero-order chi connectivity index (χ0) is 38.3. The number of urea groups is 1. The number of benzene rings is 3. The Kier molecular flexibility index (Phi) is 11.9. The van der Waals surface area contributed by atoms with Crippen molar-refractivity contribution in [3.8, 4) is 0 Å². The predicted octanol–water partition coefficient (Wildman–Crippen LogP) is 4.00. The molecule has 0 spiro atoms. The molecule has 274 valence electrons. The largest absolute Gasteiger partial charge is 0.480 e. The maximum absolute atomic E-state index is 13.7. The molecule has 1 aliphatic rings. The first kappa shape index (κ1) is 38.5. The molecule has 16 nitrogen and oxygen atoms in total. The molecule has 6 N–H and O–H groups in total. The van der Waals surface area contributed by atoms with Crippen LogP contribution in [0.3, 0.4) is 0 Å². The minimum Gasteiger partial charge on any atom is -0.480 e. The summed E-state index contributed by atoms with van der Waals surface area (Å²) in [6, 6.07) is 11.9. The Hall–Kier alpha value is -6.32. The number of fused-ring (bicyclic) bond motifs is 1. The molecule has 0 saturated heterocycles. The van der Waals surface area contributed by atoms with E-state index in [1.807, 2.05) is 20.8 Å². The lowest BCUT2D eigenvalue weighted by Crippen LogP contribution is -2.47. The molecule has 3 atom stereocenters. The van der Waals surface area contributed by atoms with Crippen LogP contribution in [0.15, 0.2) is 66.7 Å². The standard InChI is InChI=1S/C36H40N6O10/c1-20(43)41-19-23-15-25(38-35(50)37-24-9-12-26(13-10-24)42(51)52)11-14-27(23)31(41)32(45)40-29(34(48)49)17-22-8-6-5-7-21(22)16-28(33(46)47)39-30(44)18-36(2,3)4/h5-15,28-29,31H,16-19H2,1-4H3,(H,39,44)(H,40,45)(H,46,47)(H,48,49)(H2,37,38,50). The second kappa shape index (κ2) is 16.1. The minimum atomic E-state index is -1.46. The lowest BCUT2D eigenvalue weighted by atomic mass is 9.91. The van der Waals surface area contributed by atoms with E-state index in [1.165, 1.54) is 42.2 Å². The lowest BCUT2D eigenvalue weighted by Gasteiger charge is -2.25. The zero-order valence-corrected chi connectivity index (χ0v) is 29.0. The molecule has 1 heterocycles. The molecule has 5 amide bonds. The fourth-order valence-corrected chi connectivity index (χ4v) is 5.84. The van der Waals surface area contributed by atoms with Gasteiger partial charge in [-0.1, -0.05) is 51.1 Å². The number of aliphatic carboxylic acids is 2. The topological polar surface area (TPSA) is 237 Å². The van der Waals surface area contributed by atoms with E-state index < -0.39 is 58.7 Å². The number of hydrogen-bond acceptors (Lipinski definition) is 8. The number of rotatable bonds is 13. The molecular formula is C36H40N6O10. The molecular weight excluding hydrogens is 676 g/mol. The van der Waals surface area contributed by atoms with E-state index in [9.17, 15) is 49.1 Å². The van der Waals surface area contributed by atoms with Crippen molar-refractivity contribution in [3.05, 3.63) is 99.1 Å². The van der Waals surface area contributed by atoms with Crippen LogP contribution in [0.2, 0.25) is 0 Å². The highest BCUT2D eigenvalue weighted by molar-refractivity contribution is 6.00. The minimum absolute atomic E-state index is 0.000325. The number of nitro groups is 1. The third kappa shape index (κ3) is 10.1. The molecule has 0 fully saturated rings. The number of hydrogen-bond donors (Lipinski definition) is 6. The molecule has 3 aromatic carbocycles. The van der Waals surface area contributed by atoms with Gasteiger partial charge in [0.05, 0.1) is 4.92 Å². The van der Waals surface area contributed by atoms with Gasteiger partial charge in [-0.3, -0.25) is 24.5 Å². The highest BCUT2D eigenvalue weighted by Crippen LogP contribution is 2.36. The molecule has 52 heavy (non-hydrogen) atoms. The second-order valence-corrected chi connectivity index (χ2v) is 13.6. The first-order valence-electron chi connectivity index (χ1n) is 16.3. The molecule has 0 saturated carbocycles. The summed E-state index contributed by atoms with van der Waals surface area (Å²) in [4.78, 5) is 87.6. The van der Waals surface area contributed by atoms with Crippen molar-refractivity contribution < 1.29 is 43.9 Å². The Balaban J connectivity index is 1.48. The first-order chi connectivity index (χ1) is 24.4. The van der Waals surface area contributed by atoms with Crippen LogP contribution in [-0.2, 0) is 43.4 Å². The van der Waals surface area contributed by atoms with Crippen molar-refractivity contribution >= 4 is 52.8 Å². The highest BCUT2D eigenvalue weighted by Gasteiger charge is 2.39. The van der Waals surface area contributed by atoms with Crippen molar-refractivity contribution in [2.24, 2.45) is 5.41 Å². The number of nitrogens with zero attached hydrogens (tertiary/aromatic N) is 2. The third-order valence-corrected chi connectivity index (χ3v) is 8.24. The van der Waals surface area contributed by atoms with Gasteiger partial charge in [-0.05, 0) is 51.9 Å². The van der Waals surface area contributed by atoms with Gasteiger partial charge in [0.2, 0.25) is 17.7 Å². The third-order valence-electron chi connectivity index (χ3n) is 8.24. The molecule has 0 radical (unpaired) electrons. The zero-order valence-electron chi connectivity index (χ0n) is 29.0. The van der Waals surface area contributed by atoms with E-state index >= 15 is 0 Å². The molecule has 3 aromatic rings. The van der Waals surface area contributed by atoms with Gasteiger partial charge < -0.3 is 36.4 Å². The van der Waals surface area contributed by atoms with Crippen LogP contribution in [0.4, 0.5) is 21.9 Å². The number of carboxylic acid groups (broad SMARTS) is 2. The fraction of sp³-hybridized carbons (Fsp3) is 0.333. The van der Waals surface area contributed by atoms with Gasteiger partial charge in [0.15, 0.2) is 0 Å². The van der Waals surface area contributed by atoms with Crippen LogP contribution in [0, 0.1) is 15.5 Å². The Bertz CT molecular complexity index is 1890. The molecule has 16 heteroatoms. The number of carbonyl (C=O) groups is 6. The summed E-state index contributed by atoms with van der Waals surface area (Å²) in [6.45, 7) is 6.82. The van der Waals surface area contributed by atoms with Gasteiger partial charge in [0.1, 0.15) is 18.1 Å². The van der Waals surface area contributed by atoms with Crippen LogP contribution in [0.25, 0.3) is 0 Å².